The van der Waals surface area contributed by atoms with Crippen molar-refractivity contribution in [2.24, 2.45) is 0 Å². The number of halogens is 3. The van der Waals surface area contributed by atoms with Crippen LogP contribution in [0.5, 0.6) is 11.5 Å². The van der Waals surface area contributed by atoms with E-state index in [0.717, 1.165) is 0 Å². The van der Waals surface area contributed by atoms with Crippen LogP contribution in [0.25, 0.3) is 0 Å². The molecule has 6 heteroatoms. The number of hydrogen-bond donors (Lipinski definition) is 0. The molecule has 0 saturated carbocycles. The van der Waals surface area contributed by atoms with Gasteiger partial charge in [-0.2, -0.15) is 0 Å². The summed E-state index contributed by atoms with van der Waals surface area (Å²) in [6.45, 7) is 0. The van der Waals surface area contributed by atoms with Gasteiger partial charge in [0.05, 0.1) is 19.8 Å². The molecule has 0 aromatic heterocycles. The minimum atomic E-state index is -0.378. The van der Waals surface area contributed by atoms with E-state index in [-0.39, 0.29) is 11.6 Å². The Hall–Kier alpha value is -1.15. The zero-order valence-corrected chi connectivity index (χ0v) is 15.0. The van der Waals surface area contributed by atoms with Gasteiger partial charge >= 0.3 is 0 Å². The second kappa shape index (κ2) is 6.74. The molecule has 0 saturated heterocycles. The maximum absolute atomic E-state index is 13.2. The molecule has 0 unspecified atom stereocenters. The number of carbonyl (C=O) groups excluding carboxylic acids is 1. The number of ketones is 1. The molecular weight excluding hydrogens is 454 g/mol. The van der Waals surface area contributed by atoms with Gasteiger partial charge in [0.25, 0.3) is 0 Å². The zero-order chi connectivity index (χ0) is 15.6. The Labute approximate surface area is 143 Å². The van der Waals surface area contributed by atoms with E-state index in [1.165, 1.54) is 32.4 Å². The molecule has 0 radical (unpaired) electrons. The molecule has 0 fully saturated rings. The number of hydrogen-bond acceptors (Lipinski definition) is 3. The lowest BCUT2D eigenvalue weighted by Crippen LogP contribution is -2.07. The molecule has 0 aliphatic carbocycles. The van der Waals surface area contributed by atoms with Crippen molar-refractivity contribution in [2.75, 3.05) is 14.2 Å². The zero-order valence-electron chi connectivity index (χ0n) is 11.2. The van der Waals surface area contributed by atoms with Crippen LogP contribution in [0.1, 0.15) is 15.9 Å². The Morgan fingerprint density at radius 3 is 2.48 bits per heavy atom. The fourth-order valence-corrected chi connectivity index (χ4v) is 3.19. The van der Waals surface area contributed by atoms with Crippen LogP contribution in [0.4, 0.5) is 4.39 Å². The molecule has 0 heterocycles. The number of benzene rings is 2. The lowest BCUT2D eigenvalue weighted by molar-refractivity contribution is 0.103. The Kier molecular flexibility index (Phi) is 5.21. The Morgan fingerprint density at radius 1 is 1.19 bits per heavy atom. The van der Waals surface area contributed by atoms with Gasteiger partial charge in [0, 0.05) is 19.7 Å². The molecule has 0 atom stereocenters. The maximum Gasteiger partial charge on any atom is 0.198 e. The molecule has 0 bridgehead atoms. The van der Waals surface area contributed by atoms with Crippen molar-refractivity contribution in [3.63, 3.8) is 0 Å². The van der Waals surface area contributed by atoms with E-state index in [9.17, 15) is 9.18 Å². The van der Waals surface area contributed by atoms with E-state index in [4.69, 9.17) is 9.47 Å². The average molecular weight is 465 g/mol. The highest BCUT2D eigenvalue weighted by atomic mass is 127. The topological polar surface area (TPSA) is 35.5 Å². The fraction of sp³-hybridized carbons (Fsp3) is 0.133. The monoisotopic (exact) mass is 464 g/mol. The van der Waals surface area contributed by atoms with Gasteiger partial charge in [0.2, 0.25) is 0 Å². The summed E-state index contributed by atoms with van der Waals surface area (Å²) in [5.41, 5.74) is 0.795. The third-order valence-corrected chi connectivity index (χ3v) is 4.40. The standard InChI is InChI=1S/C15H11BrFIO3/c1-20-9-6-11(16)14(13(7-9)21-2)15(19)10-4-3-8(17)5-12(10)18/h3-7H,1-2H3. The highest BCUT2D eigenvalue weighted by molar-refractivity contribution is 14.1. The predicted octanol–water partition coefficient (Wildman–Crippen LogP) is 4.44. The summed E-state index contributed by atoms with van der Waals surface area (Å²) in [5, 5.41) is 0. The summed E-state index contributed by atoms with van der Waals surface area (Å²) in [5.74, 6) is 0.345. The van der Waals surface area contributed by atoms with Crippen molar-refractivity contribution in [3.05, 3.63) is 55.3 Å². The first-order chi connectivity index (χ1) is 9.97. The smallest absolute Gasteiger partial charge is 0.198 e. The third-order valence-electron chi connectivity index (χ3n) is 2.89. The Bertz CT molecular complexity index is 704. The van der Waals surface area contributed by atoms with Crippen molar-refractivity contribution in [2.45, 2.75) is 0 Å². The Balaban J connectivity index is 2.57. The van der Waals surface area contributed by atoms with Crippen LogP contribution in [0, 0.1) is 9.39 Å². The van der Waals surface area contributed by atoms with Crippen molar-refractivity contribution in [1.29, 1.82) is 0 Å². The van der Waals surface area contributed by atoms with E-state index < -0.39 is 0 Å². The second-order valence-electron chi connectivity index (χ2n) is 4.14. The maximum atomic E-state index is 13.2. The average Bonchev–Trinajstić information content (AvgIpc) is 2.45. The Morgan fingerprint density at radius 2 is 1.90 bits per heavy atom. The third kappa shape index (κ3) is 3.37. The number of ether oxygens (including phenoxy) is 2. The van der Waals surface area contributed by atoms with Crippen LogP contribution in [-0.4, -0.2) is 20.0 Å². The molecule has 2 aromatic carbocycles. The molecule has 0 N–H and O–H groups in total. The van der Waals surface area contributed by atoms with Gasteiger partial charge in [0.15, 0.2) is 5.78 Å². The van der Waals surface area contributed by atoms with Crippen LogP contribution >= 0.6 is 38.5 Å². The summed E-state index contributed by atoms with van der Waals surface area (Å²) in [7, 11) is 3.01. The summed E-state index contributed by atoms with van der Waals surface area (Å²) in [4.78, 5) is 12.7. The first kappa shape index (κ1) is 16.2. The van der Waals surface area contributed by atoms with Gasteiger partial charge in [-0.3, -0.25) is 4.79 Å². The molecule has 0 aliphatic rings. The molecule has 0 spiro atoms. The molecule has 0 amide bonds. The predicted molar refractivity (Wildman–Crippen MR) is 89.8 cm³/mol. The van der Waals surface area contributed by atoms with Crippen LogP contribution in [0.15, 0.2) is 34.8 Å². The van der Waals surface area contributed by atoms with Gasteiger partial charge < -0.3 is 9.47 Å². The van der Waals surface area contributed by atoms with E-state index >= 15 is 0 Å². The first-order valence-corrected chi connectivity index (χ1v) is 7.76. The van der Waals surface area contributed by atoms with Crippen molar-refractivity contribution < 1.29 is 18.7 Å². The lowest BCUT2D eigenvalue weighted by atomic mass is 10.0. The normalized spacial score (nSPS) is 10.3. The molecule has 0 aliphatic heterocycles. The molecule has 21 heavy (non-hydrogen) atoms. The summed E-state index contributed by atoms with van der Waals surface area (Å²) in [6, 6.07) is 7.37. The lowest BCUT2D eigenvalue weighted by Gasteiger charge is -2.13. The minimum absolute atomic E-state index is 0.245. The van der Waals surface area contributed by atoms with Crippen molar-refractivity contribution >= 4 is 44.3 Å². The highest BCUT2D eigenvalue weighted by Gasteiger charge is 2.21. The van der Waals surface area contributed by atoms with Gasteiger partial charge in [0.1, 0.15) is 17.3 Å². The summed E-state index contributed by atoms with van der Waals surface area (Å²) < 4.78 is 24.7. The van der Waals surface area contributed by atoms with Crippen molar-refractivity contribution in [1.82, 2.24) is 0 Å². The van der Waals surface area contributed by atoms with Gasteiger partial charge in [-0.15, -0.1) is 0 Å². The second-order valence-corrected chi connectivity index (χ2v) is 6.16. The van der Waals surface area contributed by atoms with Crippen LogP contribution in [-0.2, 0) is 0 Å². The van der Waals surface area contributed by atoms with Crippen LogP contribution in [0.2, 0.25) is 0 Å². The van der Waals surface area contributed by atoms with Gasteiger partial charge in [-0.05, 0) is 62.8 Å². The molecule has 110 valence electrons. The van der Waals surface area contributed by atoms with E-state index in [0.29, 0.717) is 30.7 Å². The number of rotatable bonds is 4. The van der Waals surface area contributed by atoms with E-state index in [2.05, 4.69) is 15.9 Å². The molecule has 2 rings (SSSR count). The van der Waals surface area contributed by atoms with Crippen LogP contribution < -0.4 is 9.47 Å². The molecule has 2 aromatic rings. The van der Waals surface area contributed by atoms with Crippen molar-refractivity contribution in [3.8, 4) is 11.5 Å². The quantitative estimate of drug-likeness (QED) is 0.495. The SMILES string of the molecule is COc1cc(Br)c(C(=O)c2ccc(F)cc2I)c(OC)c1. The number of carbonyl (C=O) groups is 1. The van der Waals surface area contributed by atoms with Gasteiger partial charge in [-0.1, -0.05) is 0 Å². The van der Waals surface area contributed by atoms with Gasteiger partial charge in [-0.25, -0.2) is 4.39 Å². The molecule has 3 nitrogen and oxygen atoms in total. The van der Waals surface area contributed by atoms with E-state index in [1.807, 2.05) is 22.6 Å². The summed E-state index contributed by atoms with van der Waals surface area (Å²) >= 11 is 5.30. The largest absolute Gasteiger partial charge is 0.497 e. The fourth-order valence-electron chi connectivity index (χ4n) is 1.87. The van der Waals surface area contributed by atoms with Crippen LogP contribution in [0.3, 0.4) is 0 Å². The summed E-state index contributed by atoms with van der Waals surface area (Å²) in [6.07, 6.45) is 0. The highest BCUT2D eigenvalue weighted by Crippen LogP contribution is 2.34. The van der Waals surface area contributed by atoms with E-state index in [1.54, 1.807) is 12.1 Å². The minimum Gasteiger partial charge on any atom is -0.497 e. The number of methoxy groups -OCH3 is 2. The first-order valence-electron chi connectivity index (χ1n) is 5.89. The molecular formula is C15H11BrFIO3.